The minimum Gasteiger partial charge on any atom is -0.267 e. The molecule has 0 unspecified atom stereocenters. The van der Waals surface area contributed by atoms with Gasteiger partial charge in [-0.05, 0) is 46.3 Å². The molecule has 0 spiro atoms. The minimum absolute atomic E-state index is 0.235. The predicted molar refractivity (Wildman–Crippen MR) is 73.3 cm³/mol. The fourth-order valence-electron chi connectivity index (χ4n) is 1.40. The van der Waals surface area contributed by atoms with Gasteiger partial charge in [-0.1, -0.05) is 0 Å². The number of rotatable bonds is 2. The van der Waals surface area contributed by atoms with Gasteiger partial charge in [-0.25, -0.2) is 4.39 Å². The molecule has 0 radical (unpaired) electrons. The Kier molecular flexibility index (Phi) is 4.41. The van der Waals surface area contributed by atoms with E-state index in [1.807, 2.05) is 0 Å². The SMILES string of the molecule is O=C(NNC(=O)c1cncc(Br)c1)c1ccc(F)cc1. The highest BCUT2D eigenvalue weighted by atomic mass is 79.9. The van der Waals surface area contributed by atoms with Crippen LogP contribution in [0, 0.1) is 5.82 Å². The van der Waals surface area contributed by atoms with Gasteiger partial charge in [-0.2, -0.15) is 0 Å². The molecular weight excluding hydrogens is 329 g/mol. The predicted octanol–water partition coefficient (Wildman–Crippen LogP) is 2.06. The van der Waals surface area contributed by atoms with Crippen molar-refractivity contribution in [2.24, 2.45) is 0 Å². The largest absolute Gasteiger partial charge is 0.271 e. The molecular formula is C13H9BrFN3O2. The molecule has 1 aromatic heterocycles. The first kappa shape index (κ1) is 14.1. The van der Waals surface area contributed by atoms with Gasteiger partial charge in [0.15, 0.2) is 0 Å². The zero-order chi connectivity index (χ0) is 14.5. The highest BCUT2D eigenvalue weighted by molar-refractivity contribution is 9.10. The lowest BCUT2D eigenvalue weighted by atomic mass is 10.2. The van der Waals surface area contributed by atoms with Crippen molar-refractivity contribution in [2.45, 2.75) is 0 Å². The number of hydrazine groups is 1. The van der Waals surface area contributed by atoms with Crippen molar-refractivity contribution in [3.8, 4) is 0 Å². The van der Waals surface area contributed by atoms with Gasteiger partial charge in [-0.15, -0.1) is 0 Å². The van der Waals surface area contributed by atoms with Gasteiger partial charge >= 0.3 is 0 Å². The van der Waals surface area contributed by atoms with Gasteiger partial charge in [0.05, 0.1) is 5.56 Å². The fraction of sp³-hybridized carbons (Fsp3) is 0. The lowest BCUT2D eigenvalue weighted by Crippen LogP contribution is -2.41. The van der Waals surface area contributed by atoms with Crippen LogP contribution in [0.4, 0.5) is 4.39 Å². The summed E-state index contributed by atoms with van der Waals surface area (Å²) < 4.78 is 13.4. The molecule has 0 saturated carbocycles. The maximum atomic E-state index is 12.7. The second kappa shape index (κ2) is 6.25. The van der Waals surface area contributed by atoms with E-state index >= 15 is 0 Å². The molecule has 0 saturated heterocycles. The highest BCUT2D eigenvalue weighted by Crippen LogP contribution is 2.09. The quantitative estimate of drug-likeness (QED) is 0.824. The standard InChI is InChI=1S/C13H9BrFN3O2/c14-10-5-9(6-16-7-10)13(20)18-17-12(19)8-1-3-11(15)4-2-8/h1-7H,(H,17,19)(H,18,20). The van der Waals surface area contributed by atoms with Crippen molar-refractivity contribution in [1.29, 1.82) is 0 Å². The number of pyridine rings is 1. The van der Waals surface area contributed by atoms with Crippen molar-refractivity contribution in [2.75, 3.05) is 0 Å². The van der Waals surface area contributed by atoms with Gasteiger partial charge < -0.3 is 0 Å². The number of carbonyl (C=O) groups is 2. The maximum Gasteiger partial charge on any atom is 0.271 e. The molecule has 102 valence electrons. The molecule has 1 aromatic carbocycles. The molecule has 0 aliphatic carbocycles. The van der Waals surface area contributed by atoms with Crippen molar-refractivity contribution in [3.63, 3.8) is 0 Å². The van der Waals surface area contributed by atoms with E-state index in [0.29, 0.717) is 10.0 Å². The zero-order valence-corrected chi connectivity index (χ0v) is 11.6. The molecule has 2 amide bonds. The first-order valence-electron chi connectivity index (χ1n) is 5.53. The number of carbonyl (C=O) groups excluding carboxylic acids is 2. The van der Waals surface area contributed by atoms with E-state index in [2.05, 4.69) is 31.8 Å². The van der Waals surface area contributed by atoms with Crippen LogP contribution in [0.25, 0.3) is 0 Å². The average molecular weight is 338 g/mol. The number of halogens is 2. The van der Waals surface area contributed by atoms with Gasteiger partial charge in [0.2, 0.25) is 0 Å². The van der Waals surface area contributed by atoms with Crippen LogP contribution >= 0.6 is 15.9 Å². The van der Waals surface area contributed by atoms with Crippen LogP contribution < -0.4 is 10.9 Å². The Bertz CT molecular complexity index is 646. The van der Waals surface area contributed by atoms with Crippen molar-refractivity contribution >= 4 is 27.7 Å². The maximum absolute atomic E-state index is 12.7. The van der Waals surface area contributed by atoms with Crippen LogP contribution in [0.2, 0.25) is 0 Å². The summed E-state index contributed by atoms with van der Waals surface area (Å²) >= 11 is 3.19. The molecule has 0 fully saturated rings. The molecule has 2 N–H and O–H groups in total. The van der Waals surface area contributed by atoms with Gasteiger partial charge in [0.1, 0.15) is 5.82 Å². The summed E-state index contributed by atoms with van der Waals surface area (Å²) in [6.07, 6.45) is 2.90. The smallest absolute Gasteiger partial charge is 0.267 e. The minimum atomic E-state index is -0.540. The van der Waals surface area contributed by atoms with E-state index in [9.17, 15) is 14.0 Å². The van der Waals surface area contributed by atoms with Crippen LogP contribution in [0.15, 0.2) is 47.2 Å². The van der Waals surface area contributed by atoms with E-state index in [-0.39, 0.29) is 5.56 Å². The van der Waals surface area contributed by atoms with E-state index < -0.39 is 17.6 Å². The van der Waals surface area contributed by atoms with Gasteiger partial charge in [0.25, 0.3) is 11.8 Å². The Morgan fingerprint density at radius 3 is 2.20 bits per heavy atom. The monoisotopic (exact) mass is 337 g/mol. The molecule has 5 nitrogen and oxygen atoms in total. The topological polar surface area (TPSA) is 71.1 Å². The molecule has 2 rings (SSSR count). The Balaban J connectivity index is 1.96. The molecule has 20 heavy (non-hydrogen) atoms. The summed E-state index contributed by atoms with van der Waals surface area (Å²) in [6.45, 7) is 0. The molecule has 0 aliphatic rings. The van der Waals surface area contributed by atoms with Crippen molar-refractivity contribution < 1.29 is 14.0 Å². The summed E-state index contributed by atoms with van der Waals surface area (Å²) in [6, 6.07) is 6.52. The molecule has 0 atom stereocenters. The van der Waals surface area contributed by atoms with Crippen LogP contribution in [0.1, 0.15) is 20.7 Å². The summed E-state index contributed by atoms with van der Waals surface area (Å²) in [7, 11) is 0. The normalized spacial score (nSPS) is 9.90. The first-order chi connectivity index (χ1) is 9.56. The van der Waals surface area contributed by atoms with Crippen LogP contribution in [0.5, 0.6) is 0 Å². The number of aromatic nitrogens is 1. The average Bonchev–Trinajstić information content (AvgIpc) is 2.45. The summed E-state index contributed by atoms with van der Waals surface area (Å²) in [5.74, 6) is -1.48. The number of hydrogen-bond donors (Lipinski definition) is 2. The van der Waals surface area contributed by atoms with Gasteiger partial charge in [-0.3, -0.25) is 25.4 Å². The third-order valence-corrected chi connectivity index (χ3v) is 2.80. The third kappa shape index (κ3) is 3.61. The van der Waals surface area contributed by atoms with Gasteiger partial charge in [0, 0.05) is 22.4 Å². The lowest BCUT2D eigenvalue weighted by molar-refractivity contribution is 0.0846. The molecule has 1 heterocycles. The van der Waals surface area contributed by atoms with E-state index in [1.165, 1.54) is 24.5 Å². The first-order valence-corrected chi connectivity index (χ1v) is 6.32. The molecule has 0 aliphatic heterocycles. The van der Waals surface area contributed by atoms with E-state index in [1.54, 1.807) is 6.07 Å². The number of amides is 2. The Labute approximate surface area is 122 Å². The number of nitrogens with one attached hydrogen (secondary N) is 2. The Morgan fingerprint density at radius 1 is 1.00 bits per heavy atom. The van der Waals surface area contributed by atoms with Crippen molar-refractivity contribution in [3.05, 3.63) is 64.1 Å². The lowest BCUT2D eigenvalue weighted by Gasteiger charge is -2.07. The second-order valence-corrected chi connectivity index (χ2v) is 4.72. The molecule has 0 bridgehead atoms. The summed E-state index contributed by atoms with van der Waals surface area (Å²) in [5, 5.41) is 0. The number of nitrogens with zero attached hydrogens (tertiary/aromatic N) is 1. The summed E-state index contributed by atoms with van der Waals surface area (Å²) in [5.41, 5.74) is 5.00. The second-order valence-electron chi connectivity index (χ2n) is 3.81. The zero-order valence-electron chi connectivity index (χ0n) is 10.1. The Morgan fingerprint density at radius 2 is 1.60 bits per heavy atom. The number of benzene rings is 1. The summed E-state index contributed by atoms with van der Waals surface area (Å²) in [4.78, 5) is 27.3. The van der Waals surface area contributed by atoms with Crippen LogP contribution in [-0.4, -0.2) is 16.8 Å². The van der Waals surface area contributed by atoms with Crippen LogP contribution in [-0.2, 0) is 0 Å². The van der Waals surface area contributed by atoms with E-state index in [4.69, 9.17) is 0 Å². The third-order valence-electron chi connectivity index (χ3n) is 2.36. The Hall–Kier alpha value is -2.28. The van der Waals surface area contributed by atoms with Crippen LogP contribution in [0.3, 0.4) is 0 Å². The molecule has 7 heteroatoms. The van der Waals surface area contributed by atoms with E-state index in [0.717, 1.165) is 12.1 Å². The fourth-order valence-corrected chi connectivity index (χ4v) is 1.76. The molecule has 2 aromatic rings. The highest BCUT2D eigenvalue weighted by Gasteiger charge is 2.09. The van der Waals surface area contributed by atoms with Crippen molar-refractivity contribution in [1.82, 2.24) is 15.8 Å². The number of hydrogen-bond acceptors (Lipinski definition) is 3.